The van der Waals surface area contributed by atoms with Gasteiger partial charge in [0.1, 0.15) is 11.6 Å². The first kappa shape index (κ1) is 13.9. The summed E-state index contributed by atoms with van der Waals surface area (Å²) in [5, 5.41) is 7.02. The van der Waals surface area contributed by atoms with E-state index in [0.29, 0.717) is 12.8 Å². The Bertz CT molecular complexity index is 624. The fourth-order valence-electron chi connectivity index (χ4n) is 2.88. The number of nitrogens with one attached hydrogen (secondary N) is 1. The highest BCUT2D eigenvalue weighted by Crippen LogP contribution is 2.15. The number of hydrogen-bond acceptors (Lipinski definition) is 4. The summed E-state index contributed by atoms with van der Waals surface area (Å²) >= 11 is 0. The van der Waals surface area contributed by atoms with Gasteiger partial charge in [-0.2, -0.15) is 0 Å². The molecule has 3 rings (SSSR count). The van der Waals surface area contributed by atoms with Gasteiger partial charge in [-0.1, -0.05) is 5.16 Å². The summed E-state index contributed by atoms with van der Waals surface area (Å²) in [6, 6.07) is 0.198. The molecule has 112 valence electrons. The molecule has 0 bridgehead atoms. The SMILES string of the molecule is Cc1noc(C)c1CCC(=O)NC1CCc2nccn2C1. The van der Waals surface area contributed by atoms with Crippen molar-refractivity contribution < 1.29 is 9.32 Å². The van der Waals surface area contributed by atoms with Gasteiger partial charge in [-0.05, 0) is 26.7 Å². The topological polar surface area (TPSA) is 73.0 Å². The lowest BCUT2D eigenvalue weighted by Gasteiger charge is -2.24. The Kier molecular flexibility index (Phi) is 3.77. The molecular weight excluding hydrogens is 268 g/mol. The molecule has 2 aromatic rings. The molecule has 0 spiro atoms. The quantitative estimate of drug-likeness (QED) is 0.926. The number of nitrogens with zero attached hydrogens (tertiary/aromatic N) is 3. The van der Waals surface area contributed by atoms with Crippen molar-refractivity contribution in [1.82, 2.24) is 20.0 Å². The Labute approximate surface area is 123 Å². The van der Waals surface area contributed by atoms with Crippen molar-refractivity contribution in [3.05, 3.63) is 35.2 Å². The summed E-state index contributed by atoms with van der Waals surface area (Å²) in [5.41, 5.74) is 1.92. The van der Waals surface area contributed by atoms with Crippen LogP contribution in [0.5, 0.6) is 0 Å². The number of rotatable bonds is 4. The largest absolute Gasteiger partial charge is 0.361 e. The Morgan fingerprint density at radius 2 is 2.38 bits per heavy atom. The van der Waals surface area contributed by atoms with Crippen LogP contribution >= 0.6 is 0 Å². The van der Waals surface area contributed by atoms with Gasteiger partial charge in [0.2, 0.25) is 5.91 Å². The van der Waals surface area contributed by atoms with E-state index in [4.69, 9.17) is 4.52 Å². The first-order valence-corrected chi connectivity index (χ1v) is 7.34. The number of aromatic nitrogens is 3. The third kappa shape index (κ3) is 2.99. The molecule has 2 aromatic heterocycles. The Hall–Kier alpha value is -2.11. The van der Waals surface area contributed by atoms with Gasteiger partial charge in [0.15, 0.2) is 0 Å². The molecule has 1 aliphatic heterocycles. The average molecular weight is 288 g/mol. The summed E-state index contributed by atoms with van der Waals surface area (Å²) in [4.78, 5) is 16.4. The van der Waals surface area contributed by atoms with Gasteiger partial charge >= 0.3 is 0 Å². The van der Waals surface area contributed by atoms with Crippen molar-refractivity contribution in [1.29, 1.82) is 0 Å². The van der Waals surface area contributed by atoms with Crippen LogP contribution in [0.25, 0.3) is 0 Å². The molecule has 3 heterocycles. The molecule has 1 N–H and O–H groups in total. The van der Waals surface area contributed by atoms with Gasteiger partial charge in [0.05, 0.1) is 5.69 Å². The van der Waals surface area contributed by atoms with E-state index >= 15 is 0 Å². The summed E-state index contributed by atoms with van der Waals surface area (Å²) in [7, 11) is 0. The molecule has 1 atom stereocenters. The van der Waals surface area contributed by atoms with Crippen LogP contribution in [0, 0.1) is 13.8 Å². The van der Waals surface area contributed by atoms with E-state index in [2.05, 4.69) is 20.0 Å². The lowest BCUT2D eigenvalue weighted by atomic mass is 10.1. The predicted octanol–water partition coefficient (Wildman–Crippen LogP) is 1.55. The van der Waals surface area contributed by atoms with Crippen molar-refractivity contribution in [2.45, 2.75) is 52.1 Å². The van der Waals surface area contributed by atoms with E-state index in [1.165, 1.54) is 0 Å². The lowest BCUT2D eigenvalue weighted by Crippen LogP contribution is -2.41. The van der Waals surface area contributed by atoms with Crippen molar-refractivity contribution in [2.75, 3.05) is 0 Å². The smallest absolute Gasteiger partial charge is 0.220 e. The average Bonchev–Trinajstić information content (AvgIpc) is 3.04. The Balaban J connectivity index is 1.51. The predicted molar refractivity (Wildman–Crippen MR) is 76.8 cm³/mol. The number of carbonyl (C=O) groups is 1. The highest BCUT2D eigenvalue weighted by molar-refractivity contribution is 5.76. The van der Waals surface area contributed by atoms with Gasteiger partial charge in [-0.25, -0.2) is 4.98 Å². The molecule has 0 saturated carbocycles. The van der Waals surface area contributed by atoms with Gasteiger partial charge < -0.3 is 14.4 Å². The van der Waals surface area contributed by atoms with Crippen LogP contribution in [0.4, 0.5) is 0 Å². The van der Waals surface area contributed by atoms with Crippen molar-refractivity contribution in [2.24, 2.45) is 0 Å². The second-order valence-electron chi connectivity index (χ2n) is 5.60. The Morgan fingerprint density at radius 3 is 3.14 bits per heavy atom. The van der Waals surface area contributed by atoms with Gasteiger partial charge in [0, 0.05) is 43.4 Å². The molecule has 1 unspecified atom stereocenters. The molecule has 0 aliphatic carbocycles. The standard InChI is InChI=1S/C15H20N4O2/c1-10-13(11(2)21-18-10)4-6-15(20)17-12-3-5-14-16-7-8-19(14)9-12/h7-8,12H,3-6,9H2,1-2H3,(H,17,20). The van der Waals surface area contributed by atoms with Crippen molar-refractivity contribution in [3.8, 4) is 0 Å². The third-order valence-electron chi connectivity index (χ3n) is 4.08. The first-order chi connectivity index (χ1) is 10.1. The monoisotopic (exact) mass is 288 g/mol. The van der Waals surface area contributed by atoms with Crippen molar-refractivity contribution >= 4 is 5.91 Å². The van der Waals surface area contributed by atoms with Crippen LogP contribution in [0.1, 0.15) is 35.7 Å². The number of amides is 1. The molecule has 1 aliphatic rings. The molecular formula is C15H20N4O2. The van der Waals surface area contributed by atoms with E-state index in [1.54, 1.807) is 0 Å². The number of fused-ring (bicyclic) bond motifs is 1. The summed E-state index contributed by atoms with van der Waals surface area (Å²) in [5.74, 6) is 2.00. The second kappa shape index (κ2) is 5.71. The van der Waals surface area contributed by atoms with Crippen LogP contribution in [-0.2, 0) is 24.2 Å². The number of aryl methyl sites for hydroxylation is 3. The van der Waals surface area contributed by atoms with Crippen LogP contribution in [-0.4, -0.2) is 26.7 Å². The Morgan fingerprint density at radius 1 is 1.52 bits per heavy atom. The zero-order valence-electron chi connectivity index (χ0n) is 12.4. The molecule has 0 fully saturated rings. The van der Waals surface area contributed by atoms with E-state index in [-0.39, 0.29) is 11.9 Å². The maximum absolute atomic E-state index is 12.1. The molecule has 6 heteroatoms. The van der Waals surface area contributed by atoms with E-state index < -0.39 is 0 Å². The highest BCUT2D eigenvalue weighted by atomic mass is 16.5. The molecule has 21 heavy (non-hydrogen) atoms. The van der Waals surface area contributed by atoms with E-state index in [0.717, 1.165) is 42.2 Å². The maximum atomic E-state index is 12.1. The third-order valence-corrected chi connectivity index (χ3v) is 4.08. The fourth-order valence-corrected chi connectivity index (χ4v) is 2.88. The zero-order chi connectivity index (χ0) is 14.8. The van der Waals surface area contributed by atoms with Gasteiger partial charge in [-0.3, -0.25) is 4.79 Å². The van der Waals surface area contributed by atoms with E-state index in [1.807, 2.05) is 26.2 Å². The summed E-state index contributed by atoms with van der Waals surface area (Å²) < 4.78 is 7.23. The minimum atomic E-state index is 0.0866. The molecule has 0 saturated heterocycles. The molecule has 0 aromatic carbocycles. The van der Waals surface area contributed by atoms with Crippen LogP contribution in [0.3, 0.4) is 0 Å². The van der Waals surface area contributed by atoms with Crippen LogP contribution in [0.15, 0.2) is 16.9 Å². The minimum Gasteiger partial charge on any atom is -0.361 e. The van der Waals surface area contributed by atoms with Crippen molar-refractivity contribution in [3.63, 3.8) is 0 Å². The molecule has 1 amide bonds. The normalized spacial score (nSPS) is 17.5. The van der Waals surface area contributed by atoms with Gasteiger partial charge in [-0.15, -0.1) is 0 Å². The molecule has 6 nitrogen and oxygen atoms in total. The van der Waals surface area contributed by atoms with Gasteiger partial charge in [0.25, 0.3) is 0 Å². The number of carbonyl (C=O) groups excluding carboxylic acids is 1. The summed E-state index contributed by atoms with van der Waals surface area (Å²) in [6.07, 6.45) is 6.80. The lowest BCUT2D eigenvalue weighted by molar-refractivity contribution is -0.122. The zero-order valence-corrected chi connectivity index (χ0v) is 12.4. The van der Waals surface area contributed by atoms with E-state index in [9.17, 15) is 4.79 Å². The fraction of sp³-hybridized carbons (Fsp3) is 0.533. The minimum absolute atomic E-state index is 0.0866. The molecule has 0 radical (unpaired) electrons. The second-order valence-corrected chi connectivity index (χ2v) is 5.60. The van der Waals surface area contributed by atoms with Crippen LogP contribution < -0.4 is 5.32 Å². The highest BCUT2D eigenvalue weighted by Gasteiger charge is 2.20. The number of hydrogen-bond donors (Lipinski definition) is 1. The summed E-state index contributed by atoms with van der Waals surface area (Å²) in [6.45, 7) is 4.60. The first-order valence-electron chi connectivity index (χ1n) is 7.34. The van der Waals surface area contributed by atoms with Crippen LogP contribution in [0.2, 0.25) is 0 Å². The maximum Gasteiger partial charge on any atom is 0.220 e. The number of imidazole rings is 1.